The van der Waals surface area contributed by atoms with Gasteiger partial charge < -0.3 is 15.2 Å². The topological polar surface area (TPSA) is 44.5 Å². The molecule has 0 heterocycles. The number of rotatable bonds is 5. The number of hydrogen-bond acceptors (Lipinski definition) is 3. The highest BCUT2D eigenvalue weighted by Crippen LogP contribution is 2.34. The van der Waals surface area contributed by atoms with E-state index in [-0.39, 0.29) is 6.04 Å². The first-order valence-corrected chi connectivity index (χ1v) is 5.71. The monoisotopic (exact) mass is 221 g/mol. The molecule has 3 nitrogen and oxygen atoms in total. The van der Waals surface area contributed by atoms with Crippen molar-refractivity contribution in [1.29, 1.82) is 0 Å². The van der Waals surface area contributed by atoms with Gasteiger partial charge in [0, 0.05) is 6.04 Å². The maximum absolute atomic E-state index is 6.10. The van der Waals surface area contributed by atoms with E-state index in [9.17, 15) is 0 Å². The quantitative estimate of drug-likeness (QED) is 0.827. The van der Waals surface area contributed by atoms with E-state index in [0.717, 1.165) is 23.8 Å². The Balaban J connectivity index is 2.08. The molecule has 1 aromatic carbocycles. The summed E-state index contributed by atoms with van der Waals surface area (Å²) in [5.74, 6) is 2.28. The van der Waals surface area contributed by atoms with Crippen LogP contribution in [0.5, 0.6) is 11.5 Å². The molecule has 1 aliphatic rings. The van der Waals surface area contributed by atoms with Crippen molar-refractivity contribution in [2.45, 2.75) is 25.3 Å². The summed E-state index contributed by atoms with van der Waals surface area (Å²) < 4.78 is 10.5. The van der Waals surface area contributed by atoms with Crippen LogP contribution in [0.4, 0.5) is 0 Å². The highest BCUT2D eigenvalue weighted by atomic mass is 16.5. The zero-order valence-electron chi connectivity index (χ0n) is 9.90. The van der Waals surface area contributed by atoms with E-state index in [1.165, 1.54) is 18.4 Å². The van der Waals surface area contributed by atoms with Gasteiger partial charge in [-0.1, -0.05) is 6.07 Å². The van der Waals surface area contributed by atoms with Crippen molar-refractivity contribution in [3.05, 3.63) is 23.8 Å². The van der Waals surface area contributed by atoms with Crippen molar-refractivity contribution in [3.63, 3.8) is 0 Å². The van der Waals surface area contributed by atoms with Gasteiger partial charge in [-0.05, 0) is 42.9 Å². The molecule has 0 aromatic heterocycles. The van der Waals surface area contributed by atoms with Crippen molar-refractivity contribution < 1.29 is 9.47 Å². The van der Waals surface area contributed by atoms with Crippen molar-refractivity contribution in [2.24, 2.45) is 11.7 Å². The average Bonchev–Trinajstić information content (AvgIpc) is 3.12. The Bertz CT molecular complexity index is 361. The summed E-state index contributed by atoms with van der Waals surface area (Å²) in [5.41, 5.74) is 7.32. The molecule has 0 spiro atoms. The van der Waals surface area contributed by atoms with Gasteiger partial charge in [-0.3, -0.25) is 0 Å². The Labute approximate surface area is 96.5 Å². The second kappa shape index (κ2) is 4.74. The second-order valence-corrected chi connectivity index (χ2v) is 4.39. The molecule has 0 saturated heterocycles. The van der Waals surface area contributed by atoms with Crippen molar-refractivity contribution in [1.82, 2.24) is 0 Å². The van der Waals surface area contributed by atoms with E-state index in [4.69, 9.17) is 15.2 Å². The number of methoxy groups -OCH3 is 2. The summed E-state index contributed by atoms with van der Waals surface area (Å²) in [6.07, 6.45) is 3.49. The number of benzene rings is 1. The van der Waals surface area contributed by atoms with E-state index in [2.05, 4.69) is 6.07 Å². The number of nitrogens with two attached hydrogens (primary N) is 1. The maximum Gasteiger partial charge on any atom is 0.160 e. The Morgan fingerprint density at radius 2 is 1.94 bits per heavy atom. The van der Waals surface area contributed by atoms with E-state index < -0.39 is 0 Å². The van der Waals surface area contributed by atoms with Gasteiger partial charge in [0.1, 0.15) is 0 Å². The van der Waals surface area contributed by atoms with Gasteiger partial charge in [-0.25, -0.2) is 0 Å². The molecule has 0 bridgehead atoms. The lowest BCUT2D eigenvalue weighted by Gasteiger charge is -2.13. The van der Waals surface area contributed by atoms with Gasteiger partial charge in [-0.2, -0.15) is 0 Å². The highest BCUT2D eigenvalue weighted by molar-refractivity contribution is 5.43. The Kier molecular flexibility index (Phi) is 3.34. The molecule has 88 valence electrons. The third kappa shape index (κ3) is 2.47. The van der Waals surface area contributed by atoms with Gasteiger partial charge >= 0.3 is 0 Å². The SMILES string of the molecule is COc1ccc(C[C@@H](N)C2CC2)cc1OC. The van der Waals surface area contributed by atoms with E-state index >= 15 is 0 Å². The summed E-state index contributed by atoms with van der Waals surface area (Å²) in [6, 6.07) is 6.30. The minimum atomic E-state index is 0.290. The lowest BCUT2D eigenvalue weighted by atomic mass is 10.0. The average molecular weight is 221 g/mol. The summed E-state index contributed by atoms with van der Waals surface area (Å²) in [7, 11) is 3.30. The summed E-state index contributed by atoms with van der Waals surface area (Å²) in [6.45, 7) is 0. The molecule has 0 amide bonds. The minimum absolute atomic E-state index is 0.290. The Morgan fingerprint density at radius 1 is 1.25 bits per heavy atom. The van der Waals surface area contributed by atoms with Gasteiger partial charge in [0.15, 0.2) is 11.5 Å². The van der Waals surface area contributed by atoms with Crippen LogP contribution in [-0.4, -0.2) is 20.3 Å². The molecular weight excluding hydrogens is 202 g/mol. The molecule has 3 heteroatoms. The minimum Gasteiger partial charge on any atom is -0.493 e. The fourth-order valence-electron chi connectivity index (χ4n) is 1.97. The maximum atomic E-state index is 6.10. The van der Waals surface area contributed by atoms with Gasteiger partial charge in [0.05, 0.1) is 14.2 Å². The summed E-state index contributed by atoms with van der Waals surface area (Å²) in [5, 5.41) is 0. The predicted octanol–water partition coefficient (Wildman–Crippen LogP) is 1.98. The van der Waals surface area contributed by atoms with Crippen LogP contribution in [0.25, 0.3) is 0 Å². The molecular formula is C13H19NO2. The first-order valence-electron chi connectivity index (χ1n) is 5.71. The van der Waals surface area contributed by atoms with Crippen LogP contribution in [-0.2, 0) is 6.42 Å². The fourth-order valence-corrected chi connectivity index (χ4v) is 1.97. The molecule has 1 aliphatic carbocycles. The largest absolute Gasteiger partial charge is 0.493 e. The third-order valence-electron chi connectivity index (χ3n) is 3.15. The zero-order chi connectivity index (χ0) is 11.5. The molecule has 0 unspecified atom stereocenters. The number of hydrogen-bond donors (Lipinski definition) is 1. The van der Waals surface area contributed by atoms with Crippen LogP contribution in [0, 0.1) is 5.92 Å². The molecule has 2 N–H and O–H groups in total. The standard InChI is InChI=1S/C13H19NO2/c1-15-12-6-3-9(8-13(12)16-2)7-11(14)10-4-5-10/h3,6,8,10-11H,4-5,7,14H2,1-2H3/t11-/m1/s1. The smallest absolute Gasteiger partial charge is 0.160 e. The Morgan fingerprint density at radius 3 is 2.50 bits per heavy atom. The summed E-state index contributed by atoms with van der Waals surface area (Å²) in [4.78, 5) is 0. The predicted molar refractivity (Wildman–Crippen MR) is 63.9 cm³/mol. The highest BCUT2D eigenvalue weighted by Gasteiger charge is 2.28. The lowest BCUT2D eigenvalue weighted by molar-refractivity contribution is 0.354. The van der Waals surface area contributed by atoms with Crippen LogP contribution < -0.4 is 15.2 Å². The number of ether oxygens (including phenoxy) is 2. The van der Waals surface area contributed by atoms with Gasteiger partial charge in [0.2, 0.25) is 0 Å². The normalized spacial score (nSPS) is 16.9. The molecule has 1 aromatic rings. The van der Waals surface area contributed by atoms with Crippen LogP contribution in [0.2, 0.25) is 0 Å². The zero-order valence-corrected chi connectivity index (χ0v) is 9.90. The van der Waals surface area contributed by atoms with Crippen LogP contribution in [0.3, 0.4) is 0 Å². The third-order valence-corrected chi connectivity index (χ3v) is 3.15. The van der Waals surface area contributed by atoms with E-state index in [0.29, 0.717) is 0 Å². The second-order valence-electron chi connectivity index (χ2n) is 4.39. The summed E-state index contributed by atoms with van der Waals surface area (Å²) >= 11 is 0. The van der Waals surface area contributed by atoms with Crippen LogP contribution >= 0.6 is 0 Å². The van der Waals surface area contributed by atoms with Crippen LogP contribution in [0.15, 0.2) is 18.2 Å². The first kappa shape index (κ1) is 11.3. The molecule has 0 aliphatic heterocycles. The molecule has 1 saturated carbocycles. The van der Waals surface area contributed by atoms with Crippen molar-refractivity contribution >= 4 is 0 Å². The fraction of sp³-hybridized carbons (Fsp3) is 0.538. The molecule has 1 fully saturated rings. The van der Waals surface area contributed by atoms with Crippen molar-refractivity contribution in [2.75, 3.05) is 14.2 Å². The van der Waals surface area contributed by atoms with Crippen molar-refractivity contribution in [3.8, 4) is 11.5 Å². The Hall–Kier alpha value is -1.22. The molecule has 16 heavy (non-hydrogen) atoms. The van der Waals surface area contributed by atoms with Gasteiger partial charge in [0.25, 0.3) is 0 Å². The van der Waals surface area contributed by atoms with E-state index in [1.807, 2.05) is 12.1 Å². The van der Waals surface area contributed by atoms with Crippen LogP contribution in [0.1, 0.15) is 18.4 Å². The lowest BCUT2D eigenvalue weighted by Crippen LogP contribution is -2.24. The molecule has 0 radical (unpaired) electrons. The van der Waals surface area contributed by atoms with E-state index in [1.54, 1.807) is 14.2 Å². The molecule has 2 rings (SSSR count). The molecule has 1 atom stereocenters. The van der Waals surface area contributed by atoms with Gasteiger partial charge in [-0.15, -0.1) is 0 Å². The first-order chi connectivity index (χ1) is 7.74.